The number of aliphatic hydroxyl groups excluding tert-OH is 4. The summed E-state index contributed by atoms with van der Waals surface area (Å²) < 4.78 is 68.9. The van der Waals surface area contributed by atoms with Crippen LogP contribution in [0.5, 0.6) is 23.0 Å². The summed E-state index contributed by atoms with van der Waals surface area (Å²) in [6.45, 7) is 5.96. The topological polar surface area (TPSA) is 258 Å². The van der Waals surface area contributed by atoms with E-state index in [0.29, 0.717) is 38.9 Å². The van der Waals surface area contributed by atoms with Gasteiger partial charge in [-0.15, -0.1) is 0 Å². The molecule has 6 aromatic carbocycles. The number of benzene rings is 6. The average Bonchev–Trinajstić information content (AvgIpc) is 3.68. The van der Waals surface area contributed by atoms with E-state index in [1.807, 2.05) is 13.8 Å². The number of ether oxygens (including phenoxy) is 1. The molecule has 0 aromatic heterocycles. The van der Waals surface area contributed by atoms with Crippen molar-refractivity contribution in [1.29, 1.82) is 0 Å². The first-order valence-corrected chi connectivity index (χ1v) is 23.1. The minimum atomic E-state index is -4.12. The third-order valence-electron chi connectivity index (χ3n) is 10.6. The molecule has 15 nitrogen and oxygen atoms in total. The molecule has 0 fully saturated rings. The molecule has 0 spiro atoms. The van der Waals surface area contributed by atoms with E-state index in [2.05, 4.69) is 0 Å². The fraction of sp³-hybridized carbons (Fsp3) is 0.250. The van der Waals surface area contributed by atoms with Crippen molar-refractivity contribution in [2.75, 3.05) is 0 Å². The second kappa shape index (κ2) is 19.3. The van der Waals surface area contributed by atoms with Crippen LogP contribution in [0.25, 0.3) is 0 Å². The first-order valence-electron chi connectivity index (χ1n) is 20.3. The molecule has 0 bridgehead atoms. The Morgan fingerprint density at radius 3 is 1.09 bits per heavy atom. The summed E-state index contributed by atoms with van der Waals surface area (Å²) in [6.07, 6.45) is -0.236. The van der Waals surface area contributed by atoms with Gasteiger partial charge in [0.1, 0.15) is 32.8 Å². The lowest BCUT2D eigenvalue weighted by Crippen LogP contribution is -2.30. The van der Waals surface area contributed by atoms with E-state index in [1.54, 1.807) is 68.4 Å². The van der Waals surface area contributed by atoms with E-state index >= 15 is 0 Å². The maximum atomic E-state index is 13.0. The molecular formula is C48H50O15S2. The third kappa shape index (κ3) is 9.46. The summed E-state index contributed by atoms with van der Waals surface area (Å²) >= 11 is 0. The summed E-state index contributed by atoms with van der Waals surface area (Å²) in [6, 6.07) is 30.7. The van der Waals surface area contributed by atoms with E-state index in [-0.39, 0.29) is 68.3 Å². The van der Waals surface area contributed by atoms with Crippen molar-refractivity contribution in [3.05, 3.63) is 177 Å². The highest BCUT2D eigenvalue weighted by Crippen LogP contribution is 2.53. The van der Waals surface area contributed by atoms with Crippen LogP contribution in [0.4, 0.5) is 0 Å². The van der Waals surface area contributed by atoms with Crippen LogP contribution >= 0.6 is 0 Å². The molecule has 6 aromatic rings. The average molecular weight is 931 g/mol. The highest BCUT2D eigenvalue weighted by atomic mass is 32.2. The molecule has 8 N–H and O–H groups in total. The van der Waals surface area contributed by atoms with Gasteiger partial charge in [0.25, 0.3) is 20.2 Å². The van der Waals surface area contributed by atoms with E-state index in [4.69, 9.17) is 18.2 Å². The van der Waals surface area contributed by atoms with Crippen molar-refractivity contribution in [2.24, 2.45) is 0 Å². The summed E-state index contributed by atoms with van der Waals surface area (Å²) in [4.78, 5) is 0.0314. The Kier molecular flexibility index (Phi) is 14.4. The first-order chi connectivity index (χ1) is 30.7. The molecule has 2 heterocycles. The maximum Gasteiger partial charge on any atom is 0.298 e. The van der Waals surface area contributed by atoms with Crippen LogP contribution in [0, 0.1) is 0 Å². The molecule has 1 unspecified atom stereocenters. The normalized spacial score (nSPS) is 17.4. The van der Waals surface area contributed by atoms with Gasteiger partial charge >= 0.3 is 0 Å². The van der Waals surface area contributed by atoms with Crippen LogP contribution in [0.1, 0.15) is 83.3 Å². The molecule has 2 aliphatic heterocycles. The van der Waals surface area contributed by atoms with Gasteiger partial charge in [0.2, 0.25) is 0 Å². The number of hydrogen-bond donors (Lipinski definition) is 8. The molecule has 344 valence electrons. The van der Waals surface area contributed by atoms with E-state index in [1.165, 1.54) is 66.7 Å². The number of phenolic OH excluding ortho intramolecular Hbond substituents is 1. The van der Waals surface area contributed by atoms with Crippen molar-refractivity contribution < 1.29 is 70.8 Å². The van der Waals surface area contributed by atoms with Gasteiger partial charge in [-0.25, -0.2) is 8.37 Å². The lowest BCUT2D eigenvalue weighted by atomic mass is 9.79. The third-order valence-corrected chi connectivity index (χ3v) is 13.3. The zero-order chi connectivity index (χ0) is 47.5. The van der Waals surface area contributed by atoms with E-state index < -0.39 is 51.3 Å². The molecule has 17 heteroatoms. The van der Waals surface area contributed by atoms with Gasteiger partial charge < -0.3 is 45.6 Å². The minimum absolute atomic E-state index is 0.00255. The fourth-order valence-electron chi connectivity index (χ4n) is 7.58. The minimum Gasteiger partial charge on any atom is -0.508 e. The van der Waals surface area contributed by atoms with Crippen LogP contribution in [0.15, 0.2) is 131 Å². The van der Waals surface area contributed by atoms with Crippen molar-refractivity contribution >= 4 is 20.2 Å². The second-order valence-electron chi connectivity index (χ2n) is 15.7. The molecule has 0 amide bonds. The van der Waals surface area contributed by atoms with E-state index in [9.17, 15) is 52.6 Å². The zero-order valence-electron chi connectivity index (χ0n) is 35.8. The lowest BCUT2D eigenvalue weighted by molar-refractivity contribution is 0.0643. The zero-order valence-corrected chi connectivity index (χ0v) is 37.4. The van der Waals surface area contributed by atoms with E-state index in [0.717, 1.165) is 0 Å². The smallest absolute Gasteiger partial charge is 0.298 e. The van der Waals surface area contributed by atoms with Crippen LogP contribution in [-0.2, 0) is 71.0 Å². The Morgan fingerprint density at radius 2 is 0.785 bits per heavy atom. The number of phenols is 4. The summed E-state index contributed by atoms with van der Waals surface area (Å²) in [7, 11) is -8.23. The second-order valence-corrected chi connectivity index (χ2v) is 18.8. The summed E-state index contributed by atoms with van der Waals surface area (Å²) in [5.41, 5.74) is 0.260. The van der Waals surface area contributed by atoms with Crippen molar-refractivity contribution in [3.8, 4) is 23.0 Å². The first kappa shape index (κ1) is 48.6. The predicted molar refractivity (Wildman–Crippen MR) is 237 cm³/mol. The SMILES string of the molecule is CC(C)O.CC(C)OCc1cc(C2(c3ccc(O)c(CO)c3)OS(=O)(=O)c3ccccc32)ccc1O.O=S1(=O)OC(c2ccc(O)c(CO)c2)(c2ccc(O)c(CO)c2)c2ccccc21. The van der Waals surface area contributed by atoms with Gasteiger partial charge in [-0.05, 0) is 111 Å². The Hall–Kier alpha value is -5.86. The summed E-state index contributed by atoms with van der Waals surface area (Å²) in [5, 5.41) is 77.2. The van der Waals surface area contributed by atoms with Crippen molar-refractivity contribution in [1.82, 2.24) is 0 Å². The predicted octanol–water partition coefficient (Wildman–Crippen LogP) is 6.01. The van der Waals surface area contributed by atoms with Crippen LogP contribution in [0.3, 0.4) is 0 Å². The van der Waals surface area contributed by atoms with Crippen molar-refractivity contribution in [2.45, 2.75) is 87.3 Å². The number of aliphatic hydroxyl groups is 4. The Bertz CT molecular complexity index is 2860. The molecule has 0 saturated heterocycles. The van der Waals surface area contributed by atoms with Gasteiger partial charge in [0, 0.05) is 39.5 Å². The highest BCUT2D eigenvalue weighted by molar-refractivity contribution is 7.87. The monoisotopic (exact) mass is 930 g/mol. The van der Waals surface area contributed by atoms with Crippen LogP contribution in [0.2, 0.25) is 0 Å². The van der Waals surface area contributed by atoms with Gasteiger partial charge in [-0.3, -0.25) is 0 Å². The molecule has 0 aliphatic carbocycles. The fourth-order valence-corrected chi connectivity index (χ4v) is 10.4. The molecule has 2 aliphatic rings. The lowest BCUT2D eigenvalue weighted by Gasteiger charge is -2.30. The summed E-state index contributed by atoms with van der Waals surface area (Å²) in [5.74, 6) is -0.373. The highest BCUT2D eigenvalue weighted by Gasteiger charge is 2.53. The van der Waals surface area contributed by atoms with Gasteiger partial charge in [0.05, 0.1) is 32.5 Å². The quantitative estimate of drug-likeness (QED) is 0.0733. The van der Waals surface area contributed by atoms with Gasteiger partial charge in [0.15, 0.2) is 11.2 Å². The standard InChI is InChI=1S/C24H24O7S.C21H18O7S.C3H8O/c1-15(2)30-14-17-12-19(8-10-22(17)27)24(18-7-9-21(26)16(11-18)13-25)20-5-3-4-6-23(20)32(28,29)31-24;22-11-13-9-15(5-7-18(13)24)21(16-6-8-19(25)14(10-16)12-23)17-3-1-2-4-20(17)29(26,27)28-21;1-3(2)4/h3-12,15,25-27H,13-14H2,1-2H3;1-10,22-25H,11-12H2;3-4H,1-2H3. The molecule has 8 rings (SSSR count). The van der Waals surface area contributed by atoms with Crippen LogP contribution < -0.4 is 0 Å². The number of fused-ring (bicyclic) bond motifs is 2. The number of rotatable bonds is 10. The Labute approximate surface area is 376 Å². The van der Waals surface area contributed by atoms with Gasteiger partial charge in [-0.1, -0.05) is 60.7 Å². The number of aromatic hydroxyl groups is 4. The Balaban J connectivity index is 0.000000200. The Morgan fingerprint density at radius 1 is 0.492 bits per heavy atom. The van der Waals surface area contributed by atoms with Crippen molar-refractivity contribution in [3.63, 3.8) is 0 Å². The molecule has 0 saturated carbocycles. The molecule has 65 heavy (non-hydrogen) atoms. The van der Waals surface area contributed by atoms with Gasteiger partial charge in [-0.2, -0.15) is 16.8 Å². The largest absolute Gasteiger partial charge is 0.508 e. The molecule has 1 atom stereocenters. The molecular weight excluding hydrogens is 881 g/mol. The maximum absolute atomic E-state index is 13.0. The molecule has 0 radical (unpaired) electrons. The van der Waals surface area contributed by atoms with Crippen LogP contribution in [-0.4, -0.2) is 69.9 Å². The number of hydrogen-bond acceptors (Lipinski definition) is 15.